The van der Waals surface area contributed by atoms with Gasteiger partial charge in [-0.25, -0.2) is 9.59 Å². The normalized spacial score (nSPS) is 13.0. The van der Waals surface area contributed by atoms with Gasteiger partial charge in [0.05, 0.1) is 12.1 Å². The Morgan fingerprint density at radius 3 is 1.34 bits per heavy atom. The molecule has 0 radical (unpaired) electrons. The van der Waals surface area contributed by atoms with E-state index in [-0.39, 0.29) is 12.1 Å². The fourth-order valence-electron chi connectivity index (χ4n) is 3.59. The van der Waals surface area contributed by atoms with Crippen LogP contribution in [-0.4, -0.2) is 53.7 Å². The smallest absolute Gasteiger partial charge is 0.407 e. The molecule has 0 saturated heterocycles. The summed E-state index contributed by atoms with van der Waals surface area (Å²) in [5.41, 5.74) is 0.971. The number of carbonyl (C=O) groups is 2. The van der Waals surface area contributed by atoms with Crippen molar-refractivity contribution in [2.45, 2.75) is 77.7 Å². The van der Waals surface area contributed by atoms with Crippen LogP contribution in [0.3, 0.4) is 0 Å². The second kappa shape index (κ2) is 14.6. The molecule has 4 N–H and O–H groups in total. The topological polar surface area (TPSA) is 101 Å². The Balaban J connectivity index is 1.97. The Bertz CT molecular complexity index is 939. The Hall–Kier alpha value is -3.33. The molecular formula is C29H42N4O4S. The fraction of sp³-hybridized carbons (Fsp3) is 0.483. The largest absolute Gasteiger partial charge is 0.444 e. The van der Waals surface area contributed by atoms with Crippen LogP contribution in [0.25, 0.3) is 0 Å². The van der Waals surface area contributed by atoms with E-state index < -0.39 is 23.4 Å². The zero-order chi connectivity index (χ0) is 28.2. The number of hydrogen-bond donors (Lipinski definition) is 4. The lowest BCUT2D eigenvalue weighted by Crippen LogP contribution is -2.51. The van der Waals surface area contributed by atoms with Gasteiger partial charge in [-0.15, -0.1) is 0 Å². The number of alkyl carbamates (subject to hydrolysis) is 2. The van der Waals surface area contributed by atoms with E-state index >= 15 is 0 Å². The Kier molecular flexibility index (Phi) is 11.8. The summed E-state index contributed by atoms with van der Waals surface area (Å²) in [6.07, 6.45) is 0.242. The number of rotatable bonds is 10. The molecule has 2 rings (SSSR count). The summed E-state index contributed by atoms with van der Waals surface area (Å²) >= 11 is 5.51. The van der Waals surface area contributed by atoms with Crippen molar-refractivity contribution in [3.8, 4) is 0 Å². The van der Waals surface area contributed by atoms with Crippen molar-refractivity contribution in [3.05, 3.63) is 71.8 Å². The van der Waals surface area contributed by atoms with Gasteiger partial charge in [0.15, 0.2) is 5.11 Å². The van der Waals surface area contributed by atoms with Crippen LogP contribution in [0.2, 0.25) is 0 Å². The highest BCUT2D eigenvalue weighted by Crippen LogP contribution is 2.10. The zero-order valence-electron chi connectivity index (χ0n) is 23.3. The summed E-state index contributed by atoms with van der Waals surface area (Å²) in [5, 5.41) is 12.7. The zero-order valence-corrected chi connectivity index (χ0v) is 24.1. The van der Waals surface area contributed by atoms with E-state index in [1.165, 1.54) is 0 Å². The Labute approximate surface area is 232 Å². The van der Waals surface area contributed by atoms with Gasteiger partial charge in [-0.3, -0.25) is 0 Å². The minimum Gasteiger partial charge on any atom is -0.444 e. The van der Waals surface area contributed by atoms with Gasteiger partial charge in [-0.1, -0.05) is 60.7 Å². The van der Waals surface area contributed by atoms with E-state index in [0.29, 0.717) is 31.0 Å². The molecule has 208 valence electrons. The molecule has 0 saturated carbocycles. The van der Waals surface area contributed by atoms with Gasteiger partial charge in [-0.2, -0.15) is 0 Å². The van der Waals surface area contributed by atoms with E-state index in [0.717, 1.165) is 11.1 Å². The molecule has 2 aromatic carbocycles. The lowest BCUT2D eigenvalue weighted by atomic mass is 10.1. The maximum Gasteiger partial charge on any atom is 0.407 e. The van der Waals surface area contributed by atoms with Crippen molar-refractivity contribution >= 4 is 29.5 Å². The first-order valence-electron chi connectivity index (χ1n) is 12.9. The summed E-state index contributed by atoms with van der Waals surface area (Å²) in [7, 11) is 0. The monoisotopic (exact) mass is 542 g/mol. The van der Waals surface area contributed by atoms with Gasteiger partial charge in [0.25, 0.3) is 0 Å². The predicted molar refractivity (Wildman–Crippen MR) is 155 cm³/mol. The van der Waals surface area contributed by atoms with E-state index in [1.807, 2.05) is 102 Å². The average Bonchev–Trinajstić information content (AvgIpc) is 2.80. The SMILES string of the molecule is CC(C)(C)OC(=O)NC(CNC(=S)NC[C@H](Cc1ccccc1)NC(=O)OC(C)(C)C)Cc1ccccc1. The third-order valence-corrected chi connectivity index (χ3v) is 5.40. The van der Waals surface area contributed by atoms with Gasteiger partial charge in [-0.05, 0) is 77.7 Å². The molecule has 2 amide bonds. The minimum atomic E-state index is -0.597. The van der Waals surface area contributed by atoms with Crippen LogP contribution in [0.15, 0.2) is 60.7 Å². The predicted octanol–water partition coefficient (Wildman–Crippen LogP) is 4.72. The van der Waals surface area contributed by atoms with Crippen molar-refractivity contribution in [1.29, 1.82) is 0 Å². The van der Waals surface area contributed by atoms with Gasteiger partial charge < -0.3 is 30.7 Å². The van der Waals surface area contributed by atoms with Crippen LogP contribution in [0.1, 0.15) is 52.7 Å². The summed E-state index contributed by atoms with van der Waals surface area (Å²) in [6, 6.07) is 19.3. The van der Waals surface area contributed by atoms with Gasteiger partial charge in [0.2, 0.25) is 0 Å². The first kappa shape index (κ1) is 30.9. The van der Waals surface area contributed by atoms with Crippen LogP contribution in [0.4, 0.5) is 9.59 Å². The molecule has 2 aromatic rings. The van der Waals surface area contributed by atoms with Crippen molar-refractivity contribution in [3.63, 3.8) is 0 Å². The Morgan fingerprint density at radius 1 is 0.684 bits per heavy atom. The lowest BCUT2D eigenvalue weighted by Gasteiger charge is -2.26. The van der Waals surface area contributed by atoms with E-state index in [9.17, 15) is 9.59 Å². The molecule has 38 heavy (non-hydrogen) atoms. The molecule has 0 bridgehead atoms. The van der Waals surface area contributed by atoms with E-state index in [1.54, 1.807) is 0 Å². The highest BCUT2D eigenvalue weighted by molar-refractivity contribution is 7.80. The molecule has 1 unspecified atom stereocenters. The number of amides is 2. The summed E-state index contributed by atoms with van der Waals surface area (Å²) in [6.45, 7) is 11.7. The molecule has 0 spiro atoms. The van der Waals surface area contributed by atoms with Gasteiger partial charge in [0, 0.05) is 13.1 Å². The van der Waals surface area contributed by atoms with Crippen LogP contribution in [0, 0.1) is 0 Å². The number of thiocarbonyl (C=S) groups is 1. The van der Waals surface area contributed by atoms with Gasteiger partial charge >= 0.3 is 12.2 Å². The van der Waals surface area contributed by atoms with Crippen LogP contribution >= 0.6 is 12.2 Å². The number of hydrogen-bond acceptors (Lipinski definition) is 5. The summed E-state index contributed by atoms with van der Waals surface area (Å²) in [4.78, 5) is 24.9. The molecule has 8 nitrogen and oxygen atoms in total. The standard InChI is InChI=1S/C29H42N4O4S/c1-28(2,3)36-26(34)32-23(17-21-13-9-7-10-14-21)19-30-25(38)31-20-24(18-22-15-11-8-12-16-22)33-27(35)37-29(4,5)6/h7-16,23-24H,17-20H2,1-6H3,(H,32,34)(H,33,35)(H2,30,31,38)/t23-,24?/m0/s1. The third-order valence-electron chi connectivity index (χ3n) is 5.11. The molecular weight excluding hydrogens is 500 g/mol. The average molecular weight is 543 g/mol. The number of carbonyl (C=O) groups excluding carboxylic acids is 2. The van der Waals surface area contributed by atoms with Crippen molar-refractivity contribution < 1.29 is 19.1 Å². The molecule has 0 fully saturated rings. The van der Waals surface area contributed by atoms with E-state index in [4.69, 9.17) is 21.7 Å². The first-order chi connectivity index (χ1) is 17.8. The lowest BCUT2D eigenvalue weighted by molar-refractivity contribution is 0.0493. The second-order valence-corrected chi connectivity index (χ2v) is 11.6. The molecule has 0 aliphatic rings. The molecule has 2 atom stereocenters. The number of benzene rings is 2. The van der Waals surface area contributed by atoms with Crippen LogP contribution in [0.5, 0.6) is 0 Å². The maximum atomic E-state index is 12.4. The molecule has 9 heteroatoms. The number of ether oxygens (including phenoxy) is 2. The molecule has 0 aromatic heterocycles. The third kappa shape index (κ3) is 13.8. The Morgan fingerprint density at radius 2 is 1.03 bits per heavy atom. The highest BCUT2D eigenvalue weighted by Gasteiger charge is 2.22. The highest BCUT2D eigenvalue weighted by atomic mass is 32.1. The summed E-state index contributed by atoms with van der Waals surface area (Å²) in [5.74, 6) is 0. The minimum absolute atomic E-state index is 0.257. The molecule has 0 aliphatic heterocycles. The van der Waals surface area contributed by atoms with Crippen molar-refractivity contribution in [1.82, 2.24) is 21.3 Å². The van der Waals surface area contributed by atoms with E-state index in [2.05, 4.69) is 21.3 Å². The van der Waals surface area contributed by atoms with Crippen molar-refractivity contribution in [2.24, 2.45) is 0 Å². The first-order valence-corrected chi connectivity index (χ1v) is 13.3. The maximum absolute atomic E-state index is 12.4. The van der Waals surface area contributed by atoms with Crippen molar-refractivity contribution in [2.75, 3.05) is 13.1 Å². The number of nitrogens with one attached hydrogen (secondary N) is 4. The fourth-order valence-corrected chi connectivity index (χ4v) is 3.76. The molecule has 0 heterocycles. The second-order valence-electron chi connectivity index (χ2n) is 11.2. The van der Waals surface area contributed by atoms with Gasteiger partial charge in [0.1, 0.15) is 11.2 Å². The summed E-state index contributed by atoms with van der Waals surface area (Å²) < 4.78 is 10.9. The molecule has 0 aliphatic carbocycles. The quantitative estimate of drug-likeness (QED) is 0.322. The van der Waals surface area contributed by atoms with Crippen LogP contribution < -0.4 is 21.3 Å². The van der Waals surface area contributed by atoms with Crippen LogP contribution in [-0.2, 0) is 22.3 Å².